The summed E-state index contributed by atoms with van der Waals surface area (Å²) in [4.78, 5) is 26.3. The number of benzene rings is 1. The first-order valence-electron chi connectivity index (χ1n) is 8.77. The molecule has 1 N–H and O–H groups in total. The number of carbonyl (C=O) groups is 2. The van der Waals surface area contributed by atoms with Crippen molar-refractivity contribution in [2.24, 2.45) is 0 Å². The molecule has 0 aliphatic carbocycles. The Morgan fingerprint density at radius 1 is 1.17 bits per heavy atom. The Morgan fingerprint density at radius 2 is 1.79 bits per heavy atom. The molecule has 1 rings (SSSR count). The van der Waals surface area contributed by atoms with E-state index in [9.17, 15) is 9.59 Å². The summed E-state index contributed by atoms with van der Waals surface area (Å²) in [7, 11) is 0. The normalized spacial score (nSPS) is 11.7. The Balaban J connectivity index is 2.86. The van der Waals surface area contributed by atoms with Crippen LogP contribution in [-0.4, -0.2) is 36.4 Å². The van der Waals surface area contributed by atoms with Gasteiger partial charge in [0, 0.05) is 18.7 Å². The van der Waals surface area contributed by atoms with E-state index in [2.05, 4.69) is 5.32 Å². The molecule has 1 atom stereocenters. The highest BCUT2D eigenvalue weighted by Crippen LogP contribution is 2.26. The van der Waals surface area contributed by atoms with E-state index in [1.807, 2.05) is 52.8 Å². The van der Waals surface area contributed by atoms with Gasteiger partial charge in [-0.15, -0.1) is 0 Å². The van der Waals surface area contributed by atoms with Crippen molar-refractivity contribution in [2.45, 2.75) is 53.5 Å². The van der Waals surface area contributed by atoms with Crippen molar-refractivity contribution in [3.05, 3.63) is 29.3 Å². The number of nitrogens with zero attached hydrogens (tertiary/aromatic N) is 1. The van der Waals surface area contributed by atoms with Crippen molar-refractivity contribution in [2.75, 3.05) is 19.7 Å². The molecule has 0 aliphatic heterocycles. The second kappa shape index (κ2) is 9.96. The van der Waals surface area contributed by atoms with Crippen LogP contribution in [0.25, 0.3) is 0 Å². The zero-order valence-electron chi connectivity index (χ0n) is 15.5. The molecule has 1 unspecified atom stereocenters. The van der Waals surface area contributed by atoms with Crippen LogP contribution in [0.15, 0.2) is 18.2 Å². The van der Waals surface area contributed by atoms with Crippen LogP contribution in [0.1, 0.15) is 57.7 Å². The average Bonchev–Trinajstić information content (AvgIpc) is 2.55. The largest absolute Gasteiger partial charge is 0.494 e. The first kappa shape index (κ1) is 20.0. The van der Waals surface area contributed by atoms with Crippen LogP contribution in [0, 0.1) is 6.92 Å². The molecule has 1 aromatic carbocycles. The molecular weight excluding hydrogens is 304 g/mol. The number of ether oxygens (including phenoxy) is 1. The minimum absolute atomic E-state index is 0.298. The van der Waals surface area contributed by atoms with Crippen LogP contribution in [0.3, 0.4) is 0 Å². The predicted molar refractivity (Wildman–Crippen MR) is 96.1 cm³/mol. The van der Waals surface area contributed by atoms with Crippen LogP contribution < -0.4 is 10.1 Å². The minimum atomic E-state index is -0.562. The average molecular weight is 334 g/mol. The highest BCUT2D eigenvalue weighted by atomic mass is 16.5. The van der Waals surface area contributed by atoms with Gasteiger partial charge in [0.25, 0.3) is 0 Å². The molecular formula is C19H30N2O3. The van der Waals surface area contributed by atoms with Gasteiger partial charge in [-0.1, -0.05) is 31.5 Å². The minimum Gasteiger partial charge on any atom is -0.494 e. The third-order valence-corrected chi connectivity index (χ3v) is 3.75. The number of rotatable bonds is 8. The van der Waals surface area contributed by atoms with Gasteiger partial charge in [-0.25, -0.2) is 0 Å². The molecule has 2 amide bonds. The molecule has 134 valence electrons. The summed E-state index contributed by atoms with van der Waals surface area (Å²) in [6, 6.07) is 5.56. The van der Waals surface area contributed by atoms with Gasteiger partial charge in [0.15, 0.2) is 0 Å². The van der Waals surface area contributed by atoms with E-state index in [-0.39, 0.29) is 6.04 Å². The number of nitrogens with one attached hydrogen (secondary N) is 1. The number of amides is 2. The van der Waals surface area contributed by atoms with E-state index < -0.39 is 11.8 Å². The SMILES string of the molecule is CCCN(CCC)C(=O)C(=O)NC(C)c1cc(C)ccc1OCC. The third kappa shape index (κ3) is 5.55. The van der Waals surface area contributed by atoms with E-state index in [4.69, 9.17) is 4.74 Å². The summed E-state index contributed by atoms with van der Waals surface area (Å²) in [5, 5.41) is 2.81. The fraction of sp³-hybridized carbons (Fsp3) is 0.579. The Bertz CT molecular complexity index is 552. The molecule has 0 spiro atoms. The summed E-state index contributed by atoms with van der Waals surface area (Å²) in [5.74, 6) is -0.285. The van der Waals surface area contributed by atoms with Gasteiger partial charge in [-0.2, -0.15) is 0 Å². The van der Waals surface area contributed by atoms with Crippen LogP contribution in [0.5, 0.6) is 5.75 Å². The maximum Gasteiger partial charge on any atom is 0.311 e. The molecule has 5 nitrogen and oxygen atoms in total. The van der Waals surface area contributed by atoms with E-state index in [0.29, 0.717) is 19.7 Å². The molecule has 24 heavy (non-hydrogen) atoms. The second-order valence-corrected chi connectivity index (χ2v) is 5.96. The summed E-state index contributed by atoms with van der Waals surface area (Å²) < 4.78 is 5.63. The van der Waals surface area contributed by atoms with Crippen molar-refractivity contribution in [3.8, 4) is 5.75 Å². The molecule has 5 heteroatoms. The van der Waals surface area contributed by atoms with Crippen molar-refractivity contribution in [1.82, 2.24) is 10.2 Å². The molecule has 0 radical (unpaired) electrons. The standard InChI is InChI=1S/C19H30N2O3/c1-6-11-21(12-7-2)19(23)18(22)20-15(5)16-13-14(4)9-10-17(16)24-8-3/h9-10,13,15H,6-8,11-12H2,1-5H3,(H,20,22). The van der Waals surface area contributed by atoms with Gasteiger partial charge >= 0.3 is 11.8 Å². The molecule has 0 saturated carbocycles. The van der Waals surface area contributed by atoms with E-state index in [0.717, 1.165) is 29.7 Å². The lowest BCUT2D eigenvalue weighted by Crippen LogP contribution is -2.44. The van der Waals surface area contributed by atoms with Gasteiger partial charge in [0.1, 0.15) is 5.75 Å². The molecule has 0 fully saturated rings. The quantitative estimate of drug-likeness (QED) is 0.743. The monoisotopic (exact) mass is 334 g/mol. The maximum atomic E-state index is 12.4. The van der Waals surface area contributed by atoms with Crippen LogP contribution in [-0.2, 0) is 9.59 Å². The van der Waals surface area contributed by atoms with Crippen LogP contribution in [0.4, 0.5) is 0 Å². The molecule has 0 saturated heterocycles. The molecule has 0 aliphatic rings. The van der Waals surface area contributed by atoms with Crippen molar-refractivity contribution in [3.63, 3.8) is 0 Å². The van der Waals surface area contributed by atoms with Crippen LogP contribution in [0.2, 0.25) is 0 Å². The molecule has 0 heterocycles. The Kier molecular flexibility index (Phi) is 8.30. The zero-order chi connectivity index (χ0) is 18.1. The third-order valence-electron chi connectivity index (χ3n) is 3.75. The lowest BCUT2D eigenvalue weighted by molar-refractivity contribution is -0.146. The van der Waals surface area contributed by atoms with Gasteiger partial charge in [-0.3, -0.25) is 9.59 Å². The number of hydrogen-bond acceptors (Lipinski definition) is 3. The summed E-state index contributed by atoms with van der Waals surface area (Å²) in [6.45, 7) is 11.5. The maximum absolute atomic E-state index is 12.4. The molecule has 0 aromatic heterocycles. The number of hydrogen-bond donors (Lipinski definition) is 1. The van der Waals surface area contributed by atoms with Crippen molar-refractivity contribution < 1.29 is 14.3 Å². The summed E-state index contributed by atoms with van der Waals surface area (Å²) >= 11 is 0. The van der Waals surface area contributed by atoms with Crippen LogP contribution >= 0.6 is 0 Å². The van der Waals surface area contributed by atoms with Crippen molar-refractivity contribution >= 4 is 11.8 Å². The van der Waals surface area contributed by atoms with E-state index >= 15 is 0 Å². The van der Waals surface area contributed by atoms with E-state index in [1.165, 1.54) is 0 Å². The predicted octanol–water partition coefficient (Wildman–Crippen LogP) is 3.22. The summed E-state index contributed by atoms with van der Waals surface area (Å²) in [6.07, 6.45) is 1.67. The number of aryl methyl sites for hydroxylation is 1. The summed E-state index contributed by atoms with van der Waals surface area (Å²) in [5.41, 5.74) is 1.97. The van der Waals surface area contributed by atoms with Gasteiger partial charge in [-0.05, 0) is 39.7 Å². The topological polar surface area (TPSA) is 58.6 Å². The highest BCUT2D eigenvalue weighted by Gasteiger charge is 2.23. The van der Waals surface area contributed by atoms with Gasteiger partial charge in [0.2, 0.25) is 0 Å². The fourth-order valence-corrected chi connectivity index (χ4v) is 2.63. The smallest absolute Gasteiger partial charge is 0.311 e. The van der Waals surface area contributed by atoms with Crippen molar-refractivity contribution in [1.29, 1.82) is 0 Å². The Labute approximate surface area is 145 Å². The molecule has 0 bridgehead atoms. The highest BCUT2D eigenvalue weighted by molar-refractivity contribution is 6.35. The lowest BCUT2D eigenvalue weighted by atomic mass is 10.0. The first-order valence-corrected chi connectivity index (χ1v) is 8.77. The second-order valence-electron chi connectivity index (χ2n) is 5.96. The van der Waals surface area contributed by atoms with E-state index in [1.54, 1.807) is 4.90 Å². The Hall–Kier alpha value is -2.04. The lowest BCUT2D eigenvalue weighted by Gasteiger charge is -2.23. The number of carbonyl (C=O) groups excluding carboxylic acids is 2. The van der Waals surface area contributed by atoms with Gasteiger partial charge < -0.3 is 15.0 Å². The zero-order valence-corrected chi connectivity index (χ0v) is 15.5. The van der Waals surface area contributed by atoms with Gasteiger partial charge in [0.05, 0.1) is 12.6 Å². The first-order chi connectivity index (χ1) is 11.4. The molecule has 1 aromatic rings. The fourth-order valence-electron chi connectivity index (χ4n) is 2.63. The Morgan fingerprint density at radius 3 is 2.33 bits per heavy atom.